The minimum atomic E-state index is 0.362. The quantitative estimate of drug-likeness (QED) is 0.221. The third-order valence-corrected chi connectivity index (χ3v) is 8.98. The van der Waals surface area contributed by atoms with Gasteiger partial charge in [0.05, 0.1) is 59.5 Å². The van der Waals surface area contributed by atoms with E-state index in [4.69, 9.17) is 37.1 Å². The van der Waals surface area contributed by atoms with Gasteiger partial charge in [0.1, 0.15) is 23.3 Å². The first-order valence-corrected chi connectivity index (χ1v) is 15.0. The zero-order valence-electron chi connectivity index (χ0n) is 23.8. The standard InChI is InChI=1S/C32H33Cl2N5O3/c1-40-30-13-25-28(36-17-21(16-35)32(25)37-29-15-31(41-2)27(34)14-26(29)33)12-24(30)20-11-23(42-19-20)18-38-9-5-22(6-10-38)39-7-3-4-8-39/h11-15,17,19,22H,3-10,18H2,1-2H3,(H,36,37). The van der Waals surface area contributed by atoms with Crippen molar-refractivity contribution in [2.24, 2.45) is 0 Å². The van der Waals surface area contributed by atoms with Crippen LogP contribution in [0.25, 0.3) is 22.0 Å². The summed E-state index contributed by atoms with van der Waals surface area (Å²) in [6.45, 7) is 5.47. The highest BCUT2D eigenvalue weighted by Crippen LogP contribution is 2.41. The zero-order valence-corrected chi connectivity index (χ0v) is 25.3. The Labute approximate surface area is 255 Å². The minimum Gasteiger partial charge on any atom is -0.496 e. The lowest BCUT2D eigenvalue weighted by Crippen LogP contribution is -2.43. The molecule has 4 heterocycles. The fraction of sp³-hybridized carbons (Fsp3) is 0.375. The van der Waals surface area contributed by atoms with Crippen LogP contribution in [0.15, 0.2) is 47.2 Å². The van der Waals surface area contributed by atoms with Gasteiger partial charge in [0.25, 0.3) is 0 Å². The number of rotatable bonds is 8. The molecule has 4 aromatic rings. The van der Waals surface area contributed by atoms with Crippen LogP contribution in [-0.4, -0.2) is 61.2 Å². The van der Waals surface area contributed by atoms with E-state index < -0.39 is 0 Å². The Kier molecular flexibility index (Phi) is 8.45. The average Bonchev–Trinajstić information content (AvgIpc) is 3.71. The van der Waals surface area contributed by atoms with E-state index >= 15 is 0 Å². The molecule has 2 saturated heterocycles. The molecule has 1 N–H and O–H groups in total. The molecule has 2 aromatic carbocycles. The van der Waals surface area contributed by atoms with Gasteiger partial charge in [0.2, 0.25) is 0 Å². The van der Waals surface area contributed by atoms with Gasteiger partial charge in [-0.2, -0.15) is 5.26 Å². The van der Waals surface area contributed by atoms with Crippen LogP contribution < -0.4 is 14.8 Å². The summed E-state index contributed by atoms with van der Waals surface area (Å²) in [5.74, 6) is 2.03. The molecule has 0 amide bonds. The second-order valence-corrected chi connectivity index (χ2v) is 11.7. The molecule has 2 fully saturated rings. The summed E-state index contributed by atoms with van der Waals surface area (Å²) in [5, 5.41) is 14.7. The number of hydrogen-bond acceptors (Lipinski definition) is 8. The van der Waals surface area contributed by atoms with Crippen molar-refractivity contribution in [1.29, 1.82) is 5.26 Å². The molecule has 0 radical (unpaired) electrons. The molecule has 8 nitrogen and oxygen atoms in total. The van der Waals surface area contributed by atoms with Crippen LogP contribution in [0.2, 0.25) is 10.0 Å². The van der Waals surface area contributed by atoms with Gasteiger partial charge in [0.15, 0.2) is 0 Å². The van der Waals surface area contributed by atoms with Crippen LogP contribution in [0.5, 0.6) is 11.5 Å². The van der Waals surface area contributed by atoms with E-state index in [1.807, 2.05) is 12.1 Å². The number of nitrogens with one attached hydrogen (secondary N) is 1. The van der Waals surface area contributed by atoms with Crippen LogP contribution in [-0.2, 0) is 6.54 Å². The fourth-order valence-electron chi connectivity index (χ4n) is 6.12. The highest BCUT2D eigenvalue weighted by molar-refractivity contribution is 6.37. The summed E-state index contributed by atoms with van der Waals surface area (Å²) in [7, 11) is 3.16. The van der Waals surface area contributed by atoms with E-state index in [-0.39, 0.29) is 0 Å². The van der Waals surface area contributed by atoms with Crippen LogP contribution >= 0.6 is 23.2 Å². The lowest BCUT2D eigenvalue weighted by Gasteiger charge is -2.36. The molecule has 2 aliphatic rings. The number of anilines is 2. The topological polar surface area (TPSA) is 86.8 Å². The number of pyridine rings is 1. The first-order valence-electron chi connectivity index (χ1n) is 14.2. The number of nitriles is 1. The maximum atomic E-state index is 9.88. The van der Waals surface area contributed by atoms with Gasteiger partial charge in [-0.05, 0) is 63.0 Å². The molecule has 0 saturated carbocycles. The summed E-state index contributed by atoms with van der Waals surface area (Å²) in [5.41, 5.74) is 3.94. The highest BCUT2D eigenvalue weighted by atomic mass is 35.5. The number of furan rings is 1. The summed E-state index contributed by atoms with van der Waals surface area (Å²) < 4.78 is 17.2. The molecule has 0 aliphatic carbocycles. The van der Waals surface area contributed by atoms with E-state index in [1.165, 1.54) is 45.9 Å². The lowest BCUT2D eigenvalue weighted by atomic mass is 10.0. The normalized spacial score (nSPS) is 16.5. The smallest absolute Gasteiger partial charge is 0.139 e. The number of nitrogens with zero attached hydrogens (tertiary/aromatic N) is 4. The summed E-state index contributed by atoms with van der Waals surface area (Å²) in [6, 6.07) is 12.2. The van der Waals surface area contributed by atoms with Gasteiger partial charge in [-0.15, -0.1) is 0 Å². The molecule has 0 bridgehead atoms. The molecule has 0 atom stereocenters. The number of aromatic nitrogens is 1. The number of piperidine rings is 1. The molecule has 0 spiro atoms. The van der Waals surface area contributed by atoms with Gasteiger partial charge in [-0.3, -0.25) is 9.88 Å². The van der Waals surface area contributed by atoms with Gasteiger partial charge < -0.3 is 24.1 Å². The third kappa shape index (κ3) is 5.75. The molecule has 2 aromatic heterocycles. The van der Waals surface area contributed by atoms with E-state index in [0.29, 0.717) is 49.4 Å². The second kappa shape index (κ2) is 12.4. The molecule has 2 aliphatic heterocycles. The van der Waals surface area contributed by atoms with E-state index in [1.54, 1.807) is 31.7 Å². The van der Waals surface area contributed by atoms with Crippen molar-refractivity contribution < 1.29 is 13.9 Å². The fourth-order valence-corrected chi connectivity index (χ4v) is 6.63. The van der Waals surface area contributed by atoms with Crippen LogP contribution in [0.3, 0.4) is 0 Å². The molecule has 0 unspecified atom stereocenters. The predicted octanol–water partition coefficient (Wildman–Crippen LogP) is 7.49. The third-order valence-electron chi connectivity index (χ3n) is 8.37. The Bertz CT molecular complexity index is 1640. The SMILES string of the molecule is COc1cc(Nc2c(C#N)cnc3cc(-c4coc(CN5CCC(N6CCCC6)CC5)c4)c(OC)cc23)c(Cl)cc1Cl. The Morgan fingerprint density at radius 1 is 1.00 bits per heavy atom. The van der Waals surface area contributed by atoms with E-state index in [0.717, 1.165) is 42.6 Å². The van der Waals surface area contributed by atoms with Crippen LogP contribution in [0.1, 0.15) is 37.0 Å². The maximum Gasteiger partial charge on any atom is 0.139 e. The lowest BCUT2D eigenvalue weighted by molar-refractivity contribution is 0.117. The molecule has 42 heavy (non-hydrogen) atoms. The van der Waals surface area contributed by atoms with Crippen molar-refractivity contribution in [2.75, 3.05) is 45.7 Å². The zero-order chi connectivity index (χ0) is 29.2. The van der Waals surface area contributed by atoms with Gasteiger partial charge in [-0.1, -0.05) is 23.2 Å². The predicted molar refractivity (Wildman–Crippen MR) is 166 cm³/mol. The van der Waals surface area contributed by atoms with Crippen molar-refractivity contribution >= 4 is 45.5 Å². The molecule has 10 heteroatoms. The van der Waals surface area contributed by atoms with Crippen molar-refractivity contribution in [3.05, 3.63) is 64.2 Å². The van der Waals surface area contributed by atoms with Gasteiger partial charge in [0, 0.05) is 47.9 Å². The summed E-state index contributed by atoms with van der Waals surface area (Å²) >= 11 is 12.7. The number of hydrogen-bond donors (Lipinski definition) is 1. The van der Waals surface area contributed by atoms with Crippen LogP contribution in [0, 0.1) is 11.3 Å². The van der Waals surface area contributed by atoms with E-state index in [9.17, 15) is 5.26 Å². The number of likely N-dealkylation sites (tertiary alicyclic amines) is 2. The largest absolute Gasteiger partial charge is 0.496 e. The highest BCUT2D eigenvalue weighted by Gasteiger charge is 2.27. The van der Waals surface area contributed by atoms with Gasteiger partial charge >= 0.3 is 0 Å². The monoisotopic (exact) mass is 605 g/mol. The number of benzene rings is 2. The van der Waals surface area contributed by atoms with Crippen molar-refractivity contribution in [3.8, 4) is 28.7 Å². The Hall–Kier alpha value is -3.48. The van der Waals surface area contributed by atoms with Crippen LogP contribution in [0.4, 0.5) is 11.4 Å². The molecular formula is C32H33Cl2N5O3. The Morgan fingerprint density at radius 3 is 2.48 bits per heavy atom. The maximum absolute atomic E-state index is 9.88. The van der Waals surface area contributed by atoms with E-state index in [2.05, 4.69) is 32.2 Å². The number of ether oxygens (including phenoxy) is 2. The Morgan fingerprint density at radius 2 is 1.76 bits per heavy atom. The first kappa shape index (κ1) is 28.6. The average molecular weight is 607 g/mol. The van der Waals surface area contributed by atoms with Crippen molar-refractivity contribution in [3.63, 3.8) is 0 Å². The van der Waals surface area contributed by atoms with Gasteiger partial charge in [-0.25, -0.2) is 0 Å². The number of fused-ring (bicyclic) bond motifs is 1. The number of halogens is 2. The van der Waals surface area contributed by atoms with Crippen molar-refractivity contribution in [1.82, 2.24) is 14.8 Å². The minimum absolute atomic E-state index is 0.362. The van der Waals surface area contributed by atoms with Crippen molar-refractivity contribution in [2.45, 2.75) is 38.3 Å². The Balaban J connectivity index is 1.26. The molecule has 6 rings (SSSR count). The summed E-state index contributed by atoms with van der Waals surface area (Å²) in [6.07, 6.45) is 8.44. The molecule has 218 valence electrons. The molecular weight excluding hydrogens is 573 g/mol. The second-order valence-electron chi connectivity index (χ2n) is 10.9. The first-order chi connectivity index (χ1) is 20.5. The number of methoxy groups -OCH3 is 2. The summed E-state index contributed by atoms with van der Waals surface area (Å²) in [4.78, 5) is 9.74.